The largest absolute Gasteiger partial charge is 0.328 e. The van der Waals surface area contributed by atoms with E-state index < -0.39 is 0 Å². The molecule has 0 saturated carbocycles. The van der Waals surface area contributed by atoms with Crippen LogP contribution >= 0.6 is 0 Å². The van der Waals surface area contributed by atoms with Crippen LogP contribution in [0.1, 0.15) is 52.9 Å². The first-order valence-electron chi connectivity index (χ1n) is 7.29. The number of hydrogen-bond donors (Lipinski definition) is 1. The Morgan fingerprint density at radius 3 is 2.22 bits per heavy atom. The van der Waals surface area contributed by atoms with E-state index in [9.17, 15) is 4.79 Å². The summed E-state index contributed by atoms with van der Waals surface area (Å²) in [6, 6.07) is 0.175. The molecule has 0 aromatic heterocycles. The van der Waals surface area contributed by atoms with Gasteiger partial charge in [0.05, 0.1) is 5.54 Å². The molecule has 0 aliphatic carbocycles. The maximum atomic E-state index is 12.6. The Hall–Kier alpha value is -0.770. The zero-order valence-corrected chi connectivity index (χ0v) is 12.2. The molecule has 1 aliphatic rings. The molecule has 0 bridgehead atoms. The lowest BCUT2D eigenvalue weighted by Crippen LogP contribution is -2.56. The van der Waals surface area contributed by atoms with Crippen LogP contribution in [0.25, 0.3) is 0 Å². The molecular weight excluding hydrogens is 226 g/mol. The Morgan fingerprint density at radius 1 is 1.22 bits per heavy atom. The lowest BCUT2D eigenvalue weighted by molar-refractivity contribution is 0.105. The summed E-state index contributed by atoms with van der Waals surface area (Å²) in [4.78, 5) is 16.6. The van der Waals surface area contributed by atoms with Crippen LogP contribution in [0.15, 0.2) is 0 Å². The van der Waals surface area contributed by atoms with Gasteiger partial charge < -0.3 is 15.5 Å². The van der Waals surface area contributed by atoms with E-state index in [1.165, 1.54) is 12.8 Å². The molecule has 1 heterocycles. The van der Waals surface area contributed by atoms with E-state index in [4.69, 9.17) is 5.73 Å². The van der Waals surface area contributed by atoms with Crippen LogP contribution in [0.4, 0.5) is 4.79 Å². The van der Waals surface area contributed by atoms with E-state index in [2.05, 4.69) is 20.8 Å². The summed E-state index contributed by atoms with van der Waals surface area (Å²) in [6.45, 7) is 9.32. The highest BCUT2D eigenvalue weighted by molar-refractivity contribution is 5.75. The van der Waals surface area contributed by atoms with Crippen molar-refractivity contribution in [1.29, 1.82) is 0 Å². The van der Waals surface area contributed by atoms with Crippen molar-refractivity contribution in [2.45, 2.75) is 58.4 Å². The molecule has 0 aromatic rings. The van der Waals surface area contributed by atoms with Gasteiger partial charge in [0.25, 0.3) is 0 Å². The zero-order valence-electron chi connectivity index (χ0n) is 12.2. The molecule has 1 rings (SSSR count). The standard InChI is InChI=1S/C14H29N3O/c1-4-9-17(14(2,3)12-15)13(18)16-10-7-5-6-8-11-16/h4-12,15H2,1-3H3. The molecule has 0 aromatic carbocycles. The topological polar surface area (TPSA) is 49.6 Å². The van der Waals surface area contributed by atoms with E-state index in [1.54, 1.807) is 0 Å². The molecule has 1 aliphatic heterocycles. The number of nitrogens with zero attached hydrogens (tertiary/aromatic N) is 2. The highest BCUT2D eigenvalue weighted by Crippen LogP contribution is 2.18. The fraction of sp³-hybridized carbons (Fsp3) is 0.929. The number of likely N-dealkylation sites (tertiary alicyclic amines) is 1. The smallest absolute Gasteiger partial charge is 0.320 e. The molecule has 1 saturated heterocycles. The third kappa shape index (κ3) is 3.87. The first-order chi connectivity index (χ1) is 8.53. The van der Waals surface area contributed by atoms with Crippen molar-refractivity contribution in [3.63, 3.8) is 0 Å². The highest BCUT2D eigenvalue weighted by atomic mass is 16.2. The molecule has 2 amide bonds. The normalized spacial score (nSPS) is 17.4. The Morgan fingerprint density at radius 2 is 1.78 bits per heavy atom. The molecule has 18 heavy (non-hydrogen) atoms. The number of hydrogen-bond acceptors (Lipinski definition) is 2. The third-order valence-corrected chi connectivity index (χ3v) is 3.78. The van der Waals surface area contributed by atoms with Gasteiger partial charge >= 0.3 is 6.03 Å². The molecule has 0 spiro atoms. The van der Waals surface area contributed by atoms with Crippen molar-refractivity contribution in [2.24, 2.45) is 5.73 Å². The molecule has 4 heteroatoms. The molecule has 4 nitrogen and oxygen atoms in total. The summed E-state index contributed by atoms with van der Waals surface area (Å²) in [5, 5.41) is 0. The van der Waals surface area contributed by atoms with Crippen LogP contribution < -0.4 is 5.73 Å². The van der Waals surface area contributed by atoms with Crippen molar-refractivity contribution in [2.75, 3.05) is 26.2 Å². The van der Waals surface area contributed by atoms with Crippen LogP contribution in [-0.4, -0.2) is 47.5 Å². The van der Waals surface area contributed by atoms with Crippen LogP contribution in [0.3, 0.4) is 0 Å². The zero-order chi connectivity index (χ0) is 13.6. The summed E-state index contributed by atoms with van der Waals surface area (Å²) < 4.78 is 0. The van der Waals surface area contributed by atoms with Crippen LogP contribution in [0.2, 0.25) is 0 Å². The van der Waals surface area contributed by atoms with Crippen LogP contribution in [-0.2, 0) is 0 Å². The second kappa shape index (κ2) is 6.98. The second-order valence-corrected chi connectivity index (χ2v) is 5.85. The first-order valence-corrected chi connectivity index (χ1v) is 7.29. The minimum absolute atomic E-state index is 0.175. The number of carbonyl (C=O) groups excluding carboxylic acids is 1. The Labute approximate surface area is 111 Å². The average molecular weight is 255 g/mol. The molecule has 0 atom stereocenters. The average Bonchev–Trinajstić information content (AvgIpc) is 2.63. The van der Waals surface area contributed by atoms with Gasteiger partial charge in [-0.1, -0.05) is 19.8 Å². The number of carbonyl (C=O) groups is 1. The van der Waals surface area contributed by atoms with Gasteiger partial charge in [-0.25, -0.2) is 4.79 Å². The SMILES string of the molecule is CCCN(C(=O)N1CCCCCC1)C(C)(C)CN. The van der Waals surface area contributed by atoms with Gasteiger partial charge in [-0.2, -0.15) is 0 Å². The quantitative estimate of drug-likeness (QED) is 0.838. The van der Waals surface area contributed by atoms with Gasteiger partial charge in [-0.05, 0) is 33.1 Å². The van der Waals surface area contributed by atoms with Crippen molar-refractivity contribution >= 4 is 6.03 Å². The van der Waals surface area contributed by atoms with Crippen LogP contribution in [0.5, 0.6) is 0 Å². The number of urea groups is 1. The fourth-order valence-corrected chi connectivity index (χ4v) is 2.42. The molecule has 0 radical (unpaired) electrons. The van der Waals surface area contributed by atoms with Gasteiger partial charge in [0, 0.05) is 26.2 Å². The van der Waals surface area contributed by atoms with E-state index in [0.717, 1.165) is 38.9 Å². The predicted octanol–water partition coefficient (Wildman–Crippen LogP) is 2.43. The summed E-state index contributed by atoms with van der Waals surface area (Å²) >= 11 is 0. The summed E-state index contributed by atoms with van der Waals surface area (Å²) in [7, 11) is 0. The van der Waals surface area contributed by atoms with E-state index in [-0.39, 0.29) is 11.6 Å². The molecular formula is C14H29N3O. The fourth-order valence-electron chi connectivity index (χ4n) is 2.42. The van der Waals surface area contributed by atoms with Crippen molar-refractivity contribution < 1.29 is 4.79 Å². The minimum Gasteiger partial charge on any atom is -0.328 e. The summed E-state index contributed by atoms with van der Waals surface area (Å²) in [5.74, 6) is 0. The molecule has 1 fully saturated rings. The summed E-state index contributed by atoms with van der Waals surface area (Å²) in [5.41, 5.74) is 5.57. The minimum atomic E-state index is -0.251. The lowest BCUT2D eigenvalue weighted by atomic mass is 10.0. The van der Waals surface area contributed by atoms with Gasteiger partial charge in [-0.15, -0.1) is 0 Å². The maximum absolute atomic E-state index is 12.6. The Balaban J connectivity index is 2.74. The molecule has 106 valence electrons. The van der Waals surface area contributed by atoms with Gasteiger partial charge in [0.1, 0.15) is 0 Å². The maximum Gasteiger partial charge on any atom is 0.320 e. The van der Waals surface area contributed by atoms with Gasteiger partial charge in [-0.3, -0.25) is 0 Å². The third-order valence-electron chi connectivity index (χ3n) is 3.78. The number of amides is 2. The van der Waals surface area contributed by atoms with E-state index in [0.29, 0.717) is 6.54 Å². The van der Waals surface area contributed by atoms with Crippen molar-refractivity contribution in [1.82, 2.24) is 9.80 Å². The Kier molecular flexibility index (Phi) is 5.93. The lowest BCUT2D eigenvalue weighted by Gasteiger charge is -2.40. The first kappa shape index (κ1) is 15.3. The monoisotopic (exact) mass is 255 g/mol. The second-order valence-electron chi connectivity index (χ2n) is 5.85. The van der Waals surface area contributed by atoms with Gasteiger partial charge in [0.15, 0.2) is 0 Å². The van der Waals surface area contributed by atoms with Gasteiger partial charge in [0.2, 0.25) is 0 Å². The molecule has 2 N–H and O–H groups in total. The van der Waals surface area contributed by atoms with Crippen molar-refractivity contribution in [3.8, 4) is 0 Å². The van der Waals surface area contributed by atoms with E-state index >= 15 is 0 Å². The van der Waals surface area contributed by atoms with E-state index in [1.807, 2.05) is 9.80 Å². The predicted molar refractivity (Wildman–Crippen MR) is 75.6 cm³/mol. The number of nitrogens with two attached hydrogens (primary N) is 1. The van der Waals surface area contributed by atoms with Crippen LogP contribution in [0, 0.1) is 0 Å². The summed E-state index contributed by atoms with van der Waals surface area (Å²) in [6.07, 6.45) is 5.74. The highest BCUT2D eigenvalue weighted by Gasteiger charge is 2.32. The number of rotatable bonds is 4. The van der Waals surface area contributed by atoms with Crippen molar-refractivity contribution in [3.05, 3.63) is 0 Å². The Bertz CT molecular complexity index is 258. The molecule has 0 unspecified atom stereocenters.